The summed E-state index contributed by atoms with van der Waals surface area (Å²) >= 11 is 0. The van der Waals surface area contributed by atoms with Gasteiger partial charge < -0.3 is 10.4 Å². The highest BCUT2D eigenvalue weighted by Crippen LogP contribution is 2.21. The van der Waals surface area contributed by atoms with Crippen LogP contribution in [0.1, 0.15) is 25.7 Å². The average Bonchev–Trinajstić information content (AvgIpc) is 2.46. The van der Waals surface area contributed by atoms with E-state index < -0.39 is 0 Å². The molecule has 20 heavy (non-hydrogen) atoms. The van der Waals surface area contributed by atoms with Gasteiger partial charge in [0.05, 0.1) is 6.10 Å². The lowest BCUT2D eigenvalue weighted by atomic mass is 9.93. The van der Waals surface area contributed by atoms with Gasteiger partial charge in [-0.05, 0) is 31.7 Å². The lowest BCUT2D eigenvalue weighted by Gasteiger charge is -2.26. The van der Waals surface area contributed by atoms with Crippen molar-refractivity contribution in [1.29, 1.82) is 0 Å². The third-order valence-electron chi connectivity index (χ3n) is 3.88. The smallest absolute Gasteiger partial charge is 0.251 e. The molecule has 1 fully saturated rings. The third-order valence-corrected chi connectivity index (χ3v) is 3.88. The molecule has 1 saturated carbocycles. The van der Waals surface area contributed by atoms with Crippen molar-refractivity contribution in [3.05, 3.63) is 28.7 Å². The third kappa shape index (κ3) is 2.51. The lowest BCUT2D eigenvalue weighted by molar-refractivity contribution is 0.126. The quantitative estimate of drug-likeness (QED) is 0.855. The van der Waals surface area contributed by atoms with Gasteiger partial charge >= 0.3 is 0 Å². The van der Waals surface area contributed by atoms with E-state index in [-0.39, 0.29) is 17.7 Å². The second-order valence-corrected chi connectivity index (χ2v) is 5.35. The zero-order chi connectivity index (χ0) is 14.1. The summed E-state index contributed by atoms with van der Waals surface area (Å²) in [6.45, 7) is 0. The van der Waals surface area contributed by atoms with E-state index in [4.69, 9.17) is 0 Å². The van der Waals surface area contributed by atoms with Crippen LogP contribution in [-0.4, -0.2) is 31.8 Å². The van der Waals surface area contributed by atoms with Gasteiger partial charge in [0.15, 0.2) is 0 Å². The van der Waals surface area contributed by atoms with E-state index in [1.807, 2.05) is 0 Å². The molecule has 2 heterocycles. The molecule has 0 radical (unpaired) electrons. The minimum Gasteiger partial charge on any atom is -0.393 e. The predicted octanol–water partition coefficient (Wildman–Crippen LogP) is 1.04. The molecule has 0 bridgehead atoms. The van der Waals surface area contributed by atoms with Crippen LogP contribution in [0.2, 0.25) is 0 Å². The van der Waals surface area contributed by atoms with Crippen LogP contribution in [0, 0.1) is 0 Å². The normalized spacial score (nSPS) is 22.9. The lowest BCUT2D eigenvalue weighted by Crippen LogP contribution is -2.29. The number of aliphatic hydroxyl groups is 1. The largest absolute Gasteiger partial charge is 0.393 e. The number of anilines is 1. The van der Waals surface area contributed by atoms with E-state index in [2.05, 4.69) is 15.3 Å². The van der Waals surface area contributed by atoms with Gasteiger partial charge in [0.25, 0.3) is 5.56 Å². The van der Waals surface area contributed by atoms with Crippen molar-refractivity contribution in [2.24, 2.45) is 7.05 Å². The standard InChI is InChI=1S/C14H18N4O2/c1-18-12(20)7-2-9-8-15-14(17-13(9)18)16-10-3-5-11(19)6-4-10/h2,7-8,10-11,19H,3-6H2,1H3,(H,15,16,17). The van der Waals surface area contributed by atoms with E-state index in [0.717, 1.165) is 31.1 Å². The number of aryl methyl sites for hydroxylation is 1. The second-order valence-electron chi connectivity index (χ2n) is 5.35. The van der Waals surface area contributed by atoms with Crippen LogP contribution in [0.3, 0.4) is 0 Å². The molecule has 106 valence electrons. The number of aromatic nitrogens is 3. The Morgan fingerprint density at radius 2 is 2.05 bits per heavy atom. The minimum absolute atomic E-state index is 0.0806. The maximum Gasteiger partial charge on any atom is 0.251 e. The Morgan fingerprint density at radius 1 is 1.30 bits per heavy atom. The maximum absolute atomic E-state index is 11.6. The summed E-state index contributed by atoms with van der Waals surface area (Å²) in [5, 5.41) is 13.6. The van der Waals surface area contributed by atoms with E-state index in [1.54, 1.807) is 19.3 Å². The molecule has 0 spiro atoms. The van der Waals surface area contributed by atoms with Crippen molar-refractivity contribution < 1.29 is 5.11 Å². The van der Waals surface area contributed by atoms with Gasteiger partial charge in [-0.25, -0.2) is 4.98 Å². The van der Waals surface area contributed by atoms with E-state index in [9.17, 15) is 9.90 Å². The zero-order valence-corrected chi connectivity index (χ0v) is 11.4. The van der Waals surface area contributed by atoms with Gasteiger partial charge in [0.1, 0.15) is 5.65 Å². The molecular weight excluding hydrogens is 256 g/mol. The topological polar surface area (TPSA) is 80.0 Å². The number of rotatable bonds is 2. The van der Waals surface area contributed by atoms with E-state index in [1.165, 1.54) is 10.6 Å². The Balaban J connectivity index is 1.85. The second kappa shape index (κ2) is 5.20. The molecule has 0 unspecified atom stereocenters. The van der Waals surface area contributed by atoms with Crippen LogP contribution in [0.25, 0.3) is 11.0 Å². The Kier molecular flexibility index (Phi) is 3.40. The number of aliphatic hydroxyl groups excluding tert-OH is 1. The number of nitrogens with one attached hydrogen (secondary N) is 1. The van der Waals surface area contributed by atoms with Crippen LogP contribution < -0.4 is 10.9 Å². The van der Waals surface area contributed by atoms with Gasteiger partial charge in [0.2, 0.25) is 5.95 Å². The Bertz CT molecular complexity index is 674. The van der Waals surface area contributed by atoms with E-state index in [0.29, 0.717) is 11.6 Å². The van der Waals surface area contributed by atoms with Crippen molar-refractivity contribution in [2.45, 2.75) is 37.8 Å². The first kappa shape index (κ1) is 13.1. The number of nitrogens with zero attached hydrogens (tertiary/aromatic N) is 3. The zero-order valence-electron chi connectivity index (χ0n) is 11.4. The van der Waals surface area contributed by atoms with Gasteiger partial charge in [-0.15, -0.1) is 0 Å². The highest BCUT2D eigenvalue weighted by atomic mass is 16.3. The van der Waals surface area contributed by atoms with Crippen molar-refractivity contribution >= 4 is 17.0 Å². The molecule has 0 atom stereocenters. The summed E-state index contributed by atoms with van der Waals surface area (Å²) in [6.07, 6.45) is 4.99. The number of fused-ring (bicyclic) bond motifs is 1. The van der Waals surface area contributed by atoms with Crippen molar-refractivity contribution in [3.8, 4) is 0 Å². The van der Waals surface area contributed by atoms with Gasteiger partial charge in [0, 0.05) is 30.7 Å². The fraction of sp³-hybridized carbons (Fsp3) is 0.500. The first-order chi connectivity index (χ1) is 9.63. The minimum atomic E-state index is -0.175. The molecule has 1 aliphatic carbocycles. The molecule has 3 rings (SSSR count). The van der Waals surface area contributed by atoms with Gasteiger partial charge in [-0.1, -0.05) is 0 Å². The summed E-state index contributed by atoms with van der Waals surface area (Å²) < 4.78 is 1.52. The Hall–Kier alpha value is -1.95. The molecular formula is C14H18N4O2. The summed E-state index contributed by atoms with van der Waals surface area (Å²) in [6, 6.07) is 3.54. The molecule has 0 saturated heterocycles. The fourth-order valence-electron chi connectivity index (χ4n) is 2.62. The summed E-state index contributed by atoms with van der Waals surface area (Å²) in [5.74, 6) is 0.542. The van der Waals surface area contributed by atoms with Crippen LogP contribution in [0.5, 0.6) is 0 Å². The predicted molar refractivity (Wildman–Crippen MR) is 76.7 cm³/mol. The van der Waals surface area contributed by atoms with Gasteiger partial charge in [-0.2, -0.15) is 4.98 Å². The van der Waals surface area contributed by atoms with Gasteiger partial charge in [-0.3, -0.25) is 9.36 Å². The average molecular weight is 274 g/mol. The number of hydrogen-bond donors (Lipinski definition) is 2. The molecule has 0 amide bonds. The first-order valence-electron chi connectivity index (χ1n) is 6.91. The van der Waals surface area contributed by atoms with Crippen molar-refractivity contribution in [2.75, 3.05) is 5.32 Å². The summed E-state index contributed by atoms with van der Waals surface area (Å²) in [5.41, 5.74) is 0.550. The maximum atomic E-state index is 11.6. The molecule has 2 aromatic heterocycles. The first-order valence-corrected chi connectivity index (χ1v) is 6.91. The number of pyridine rings is 1. The van der Waals surface area contributed by atoms with Crippen LogP contribution >= 0.6 is 0 Å². The van der Waals surface area contributed by atoms with Crippen LogP contribution in [0.15, 0.2) is 23.1 Å². The van der Waals surface area contributed by atoms with Crippen molar-refractivity contribution in [3.63, 3.8) is 0 Å². The monoisotopic (exact) mass is 274 g/mol. The van der Waals surface area contributed by atoms with Crippen molar-refractivity contribution in [1.82, 2.24) is 14.5 Å². The fourth-order valence-corrected chi connectivity index (χ4v) is 2.62. The molecule has 2 aromatic rings. The van der Waals surface area contributed by atoms with E-state index >= 15 is 0 Å². The van der Waals surface area contributed by atoms with Crippen LogP contribution in [-0.2, 0) is 7.05 Å². The molecule has 0 aliphatic heterocycles. The highest BCUT2D eigenvalue weighted by Gasteiger charge is 2.19. The SMILES string of the molecule is Cn1c(=O)ccc2cnc(NC3CCC(O)CC3)nc21. The Labute approximate surface area is 116 Å². The highest BCUT2D eigenvalue weighted by molar-refractivity contribution is 5.74. The molecule has 6 heteroatoms. The molecule has 1 aliphatic rings. The Morgan fingerprint density at radius 3 is 2.80 bits per heavy atom. The number of hydrogen-bond acceptors (Lipinski definition) is 5. The molecule has 6 nitrogen and oxygen atoms in total. The molecule has 0 aromatic carbocycles. The summed E-state index contributed by atoms with van der Waals surface area (Å²) in [4.78, 5) is 20.3. The molecule has 2 N–H and O–H groups in total. The van der Waals surface area contributed by atoms with Crippen LogP contribution in [0.4, 0.5) is 5.95 Å². The summed E-state index contributed by atoms with van der Waals surface area (Å²) in [7, 11) is 1.71.